The van der Waals surface area contributed by atoms with Crippen molar-refractivity contribution in [3.05, 3.63) is 63.1 Å². The summed E-state index contributed by atoms with van der Waals surface area (Å²) in [5.41, 5.74) is 4.67. The second-order valence-electron chi connectivity index (χ2n) is 9.42. The molecule has 0 unspecified atom stereocenters. The van der Waals surface area contributed by atoms with Crippen molar-refractivity contribution >= 4 is 6.08 Å². The molecule has 1 saturated heterocycles. The van der Waals surface area contributed by atoms with E-state index in [0.717, 1.165) is 48.8 Å². The van der Waals surface area contributed by atoms with Crippen LogP contribution in [-0.2, 0) is 13.1 Å². The van der Waals surface area contributed by atoms with Gasteiger partial charge in [0, 0.05) is 55.5 Å². The maximum absolute atomic E-state index is 13.0. The van der Waals surface area contributed by atoms with Crippen LogP contribution in [0.25, 0.3) is 6.08 Å². The largest absolute Gasteiger partial charge is 0.497 e. The SMILES string of the molecule is COc1ccc2c(c1)C=C(CN1C[C@@H]3C[C@H](C1)c1ccc(CN(C)C)c(=O)n1C3)CO2. The first-order valence-corrected chi connectivity index (χ1v) is 11.1. The van der Waals surface area contributed by atoms with Crippen molar-refractivity contribution in [2.45, 2.75) is 25.4 Å². The van der Waals surface area contributed by atoms with E-state index in [1.807, 2.05) is 38.4 Å². The lowest BCUT2D eigenvalue weighted by Gasteiger charge is -2.43. The fourth-order valence-electron chi connectivity index (χ4n) is 5.39. The van der Waals surface area contributed by atoms with Gasteiger partial charge in [0.25, 0.3) is 5.56 Å². The molecule has 3 aliphatic rings. The molecular formula is C25H31N3O3. The van der Waals surface area contributed by atoms with Crippen molar-refractivity contribution in [1.29, 1.82) is 0 Å². The number of methoxy groups -OCH3 is 1. The second kappa shape index (κ2) is 8.17. The Morgan fingerprint density at radius 1 is 1.16 bits per heavy atom. The van der Waals surface area contributed by atoms with Gasteiger partial charge in [-0.3, -0.25) is 9.69 Å². The molecule has 31 heavy (non-hydrogen) atoms. The maximum Gasteiger partial charge on any atom is 0.255 e. The molecule has 2 bridgehead atoms. The van der Waals surface area contributed by atoms with Gasteiger partial charge in [0.15, 0.2) is 0 Å². The monoisotopic (exact) mass is 421 g/mol. The number of benzene rings is 1. The van der Waals surface area contributed by atoms with Crippen LogP contribution in [-0.4, -0.2) is 61.8 Å². The van der Waals surface area contributed by atoms with Crippen LogP contribution in [0.15, 0.2) is 40.7 Å². The van der Waals surface area contributed by atoms with Crippen molar-refractivity contribution in [1.82, 2.24) is 14.4 Å². The van der Waals surface area contributed by atoms with Gasteiger partial charge in [-0.05, 0) is 62.3 Å². The molecule has 6 nitrogen and oxygen atoms in total. The summed E-state index contributed by atoms with van der Waals surface area (Å²) in [7, 11) is 5.71. The zero-order chi connectivity index (χ0) is 21.5. The van der Waals surface area contributed by atoms with E-state index in [0.29, 0.717) is 25.0 Å². The Labute approximate surface area is 183 Å². The Balaban J connectivity index is 1.34. The van der Waals surface area contributed by atoms with E-state index in [2.05, 4.69) is 26.5 Å². The molecule has 1 fully saturated rings. The van der Waals surface area contributed by atoms with Gasteiger partial charge < -0.3 is 18.9 Å². The molecule has 1 aromatic carbocycles. The number of pyridine rings is 1. The molecule has 5 rings (SSSR count). The highest BCUT2D eigenvalue weighted by molar-refractivity contribution is 5.64. The summed E-state index contributed by atoms with van der Waals surface area (Å²) in [6.45, 7) is 5.09. The van der Waals surface area contributed by atoms with E-state index in [1.54, 1.807) is 7.11 Å². The Bertz CT molecular complexity index is 1070. The third kappa shape index (κ3) is 4.02. The number of ether oxygens (including phenoxy) is 2. The fourth-order valence-corrected chi connectivity index (χ4v) is 5.39. The zero-order valence-corrected chi connectivity index (χ0v) is 18.6. The van der Waals surface area contributed by atoms with Gasteiger partial charge in [-0.1, -0.05) is 6.07 Å². The van der Waals surface area contributed by atoms with Gasteiger partial charge in [0.1, 0.15) is 18.1 Å². The van der Waals surface area contributed by atoms with Crippen LogP contribution < -0.4 is 15.0 Å². The third-order valence-corrected chi connectivity index (χ3v) is 6.66. The van der Waals surface area contributed by atoms with Gasteiger partial charge in [-0.2, -0.15) is 0 Å². The van der Waals surface area contributed by atoms with Crippen molar-refractivity contribution in [3.63, 3.8) is 0 Å². The lowest BCUT2D eigenvalue weighted by atomic mass is 9.82. The van der Waals surface area contributed by atoms with Gasteiger partial charge in [-0.25, -0.2) is 0 Å². The number of aromatic nitrogens is 1. The minimum atomic E-state index is 0.197. The quantitative estimate of drug-likeness (QED) is 0.743. The molecule has 0 amide bonds. The summed E-state index contributed by atoms with van der Waals surface area (Å²) in [4.78, 5) is 17.6. The number of rotatable bonds is 5. The van der Waals surface area contributed by atoms with E-state index in [-0.39, 0.29) is 5.56 Å². The summed E-state index contributed by atoms with van der Waals surface area (Å²) < 4.78 is 13.4. The molecular weight excluding hydrogens is 390 g/mol. The number of hydrogen-bond acceptors (Lipinski definition) is 5. The molecule has 4 heterocycles. The predicted molar refractivity (Wildman–Crippen MR) is 122 cm³/mol. The summed E-state index contributed by atoms with van der Waals surface area (Å²) in [6.07, 6.45) is 3.43. The Morgan fingerprint density at radius 2 is 2.03 bits per heavy atom. The normalized spacial score (nSPS) is 22.4. The highest BCUT2D eigenvalue weighted by Gasteiger charge is 2.35. The first-order valence-electron chi connectivity index (χ1n) is 11.1. The standard InChI is InChI=1S/C25H31N3O3/c1-26(2)14-19-4-6-23-21-8-17(13-28(23)25(19)29)11-27(15-21)12-18-9-20-10-22(30-3)5-7-24(20)31-16-18/h4-7,9-10,17,21H,8,11-16H2,1-3H3/t17-,21+/m0/s1. The molecule has 0 saturated carbocycles. The zero-order valence-electron chi connectivity index (χ0n) is 18.6. The molecule has 164 valence electrons. The molecule has 6 heteroatoms. The first kappa shape index (κ1) is 20.3. The number of hydrogen-bond donors (Lipinski definition) is 0. The second-order valence-corrected chi connectivity index (χ2v) is 9.42. The summed E-state index contributed by atoms with van der Waals surface area (Å²) >= 11 is 0. The van der Waals surface area contributed by atoms with Crippen LogP contribution in [0.2, 0.25) is 0 Å². The molecule has 1 aromatic heterocycles. The van der Waals surface area contributed by atoms with Crippen molar-refractivity contribution < 1.29 is 9.47 Å². The first-order chi connectivity index (χ1) is 15.0. The minimum Gasteiger partial charge on any atom is -0.497 e. The van der Waals surface area contributed by atoms with E-state index in [1.165, 1.54) is 17.7 Å². The summed E-state index contributed by atoms with van der Waals surface area (Å²) in [5.74, 6) is 2.71. The van der Waals surface area contributed by atoms with Crippen LogP contribution in [0.4, 0.5) is 0 Å². The van der Waals surface area contributed by atoms with Crippen molar-refractivity contribution in [3.8, 4) is 11.5 Å². The average molecular weight is 422 g/mol. The van der Waals surface area contributed by atoms with Crippen LogP contribution in [0.3, 0.4) is 0 Å². The van der Waals surface area contributed by atoms with E-state index < -0.39 is 0 Å². The smallest absolute Gasteiger partial charge is 0.255 e. The van der Waals surface area contributed by atoms with Gasteiger partial charge in [0.05, 0.1) is 7.11 Å². The Morgan fingerprint density at radius 3 is 2.84 bits per heavy atom. The van der Waals surface area contributed by atoms with E-state index in [9.17, 15) is 4.79 Å². The van der Waals surface area contributed by atoms with Gasteiger partial charge >= 0.3 is 0 Å². The molecule has 0 spiro atoms. The van der Waals surface area contributed by atoms with Crippen molar-refractivity contribution in [2.75, 3.05) is 47.4 Å². The van der Waals surface area contributed by atoms with Crippen LogP contribution >= 0.6 is 0 Å². The lowest BCUT2D eigenvalue weighted by Crippen LogP contribution is -2.48. The molecule has 0 N–H and O–H groups in total. The number of likely N-dealkylation sites (tertiary alicyclic amines) is 1. The fraction of sp³-hybridized carbons (Fsp3) is 0.480. The summed E-state index contributed by atoms with van der Waals surface area (Å²) in [6, 6.07) is 10.2. The van der Waals surface area contributed by atoms with Crippen LogP contribution in [0, 0.1) is 5.92 Å². The van der Waals surface area contributed by atoms with Gasteiger partial charge in [0.2, 0.25) is 0 Å². The van der Waals surface area contributed by atoms with Gasteiger partial charge in [-0.15, -0.1) is 0 Å². The van der Waals surface area contributed by atoms with Crippen LogP contribution in [0.5, 0.6) is 11.5 Å². The van der Waals surface area contributed by atoms with E-state index in [4.69, 9.17) is 9.47 Å². The molecule has 2 aromatic rings. The topological polar surface area (TPSA) is 46.9 Å². The average Bonchev–Trinajstić information content (AvgIpc) is 2.75. The molecule has 3 aliphatic heterocycles. The maximum atomic E-state index is 13.0. The van der Waals surface area contributed by atoms with E-state index >= 15 is 0 Å². The number of piperidine rings is 1. The highest BCUT2D eigenvalue weighted by atomic mass is 16.5. The highest BCUT2D eigenvalue weighted by Crippen LogP contribution is 2.36. The minimum absolute atomic E-state index is 0.197. The molecule has 0 aliphatic carbocycles. The molecule has 2 atom stereocenters. The van der Waals surface area contributed by atoms with Crippen molar-refractivity contribution in [2.24, 2.45) is 5.92 Å². The van der Waals surface area contributed by atoms with Crippen LogP contribution in [0.1, 0.15) is 29.2 Å². The Kier molecular flexibility index (Phi) is 5.36. The predicted octanol–water partition coefficient (Wildman–Crippen LogP) is 2.81. The molecule has 0 radical (unpaired) electrons. The number of nitrogens with zero attached hydrogens (tertiary/aromatic N) is 3. The third-order valence-electron chi connectivity index (χ3n) is 6.66. The summed E-state index contributed by atoms with van der Waals surface area (Å²) in [5, 5.41) is 0. The number of fused-ring (bicyclic) bond motifs is 5. The lowest BCUT2D eigenvalue weighted by molar-refractivity contribution is 0.126. The Hall–Kier alpha value is -2.57.